The lowest BCUT2D eigenvalue weighted by Crippen LogP contribution is -2.13. The fourth-order valence-corrected chi connectivity index (χ4v) is 3.53. The molecule has 0 aliphatic carbocycles. The van der Waals surface area contributed by atoms with E-state index in [4.69, 9.17) is 11.6 Å². The highest BCUT2D eigenvalue weighted by atomic mass is 35.5. The van der Waals surface area contributed by atoms with Crippen molar-refractivity contribution < 1.29 is 12.8 Å². The third-order valence-corrected chi connectivity index (χ3v) is 5.14. The molecular formula is C16H12ClFN2O2S. The van der Waals surface area contributed by atoms with E-state index in [1.54, 1.807) is 18.2 Å². The molecule has 0 unspecified atom stereocenters. The van der Waals surface area contributed by atoms with E-state index in [1.807, 2.05) is 6.92 Å². The van der Waals surface area contributed by atoms with Crippen LogP contribution in [0.1, 0.15) is 5.56 Å². The Morgan fingerprint density at radius 3 is 2.48 bits per heavy atom. The van der Waals surface area contributed by atoms with E-state index < -0.39 is 15.8 Å². The van der Waals surface area contributed by atoms with Gasteiger partial charge in [-0.05, 0) is 31.2 Å². The van der Waals surface area contributed by atoms with Crippen molar-refractivity contribution in [3.05, 3.63) is 71.1 Å². The van der Waals surface area contributed by atoms with Crippen LogP contribution in [0.3, 0.4) is 0 Å². The third kappa shape index (κ3) is 3.00. The number of hydrogen-bond donors (Lipinski definition) is 0. The van der Waals surface area contributed by atoms with Gasteiger partial charge in [0.2, 0.25) is 0 Å². The van der Waals surface area contributed by atoms with Crippen LogP contribution in [0.25, 0.3) is 11.3 Å². The van der Waals surface area contributed by atoms with Crippen LogP contribution < -0.4 is 0 Å². The van der Waals surface area contributed by atoms with Crippen LogP contribution >= 0.6 is 11.6 Å². The van der Waals surface area contributed by atoms with Crippen LogP contribution in [0.5, 0.6) is 0 Å². The minimum Gasteiger partial charge on any atom is -0.207 e. The predicted octanol–water partition coefficient (Wildman–Crippen LogP) is 3.89. The van der Waals surface area contributed by atoms with Gasteiger partial charge >= 0.3 is 0 Å². The number of halogens is 2. The molecule has 4 nitrogen and oxygen atoms in total. The smallest absolute Gasteiger partial charge is 0.207 e. The summed E-state index contributed by atoms with van der Waals surface area (Å²) in [6.07, 6.45) is 1.21. The Bertz CT molecular complexity index is 966. The molecule has 7 heteroatoms. The highest BCUT2D eigenvalue weighted by Gasteiger charge is 2.21. The summed E-state index contributed by atoms with van der Waals surface area (Å²) in [5.41, 5.74) is 1.57. The minimum absolute atomic E-state index is 0.105. The topological polar surface area (TPSA) is 52.0 Å². The summed E-state index contributed by atoms with van der Waals surface area (Å²) in [5.74, 6) is -0.450. The van der Waals surface area contributed by atoms with Gasteiger partial charge in [-0.1, -0.05) is 41.4 Å². The quantitative estimate of drug-likeness (QED) is 0.720. The molecule has 0 bridgehead atoms. The van der Waals surface area contributed by atoms with Crippen molar-refractivity contribution in [1.29, 1.82) is 0 Å². The first-order chi connectivity index (χ1) is 10.9. The summed E-state index contributed by atoms with van der Waals surface area (Å²) >= 11 is 6.08. The molecule has 3 aromatic rings. The minimum atomic E-state index is -3.85. The van der Waals surface area contributed by atoms with Gasteiger partial charge in [0.25, 0.3) is 10.0 Å². The van der Waals surface area contributed by atoms with Crippen LogP contribution in [-0.2, 0) is 10.0 Å². The Morgan fingerprint density at radius 2 is 1.83 bits per heavy atom. The number of hydrogen-bond acceptors (Lipinski definition) is 3. The number of aromatic nitrogens is 2. The van der Waals surface area contributed by atoms with E-state index in [2.05, 4.69) is 5.10 Å². The molecule has 0 aliphatic rings. The fraction of sp³-hybridized carbons (Fsp3) is 0.0625. The zero-order valence-corrected chi connectivity index (χ0v) is 13.6. The van der Waals surface area contributed by atoms with Crippen molar-refractivity contribution in [2.24, 2.45) is 0 Å². The zero-order valence-electron chi connectivity index (χ0n) is 12.1. The molecule has 0 saturated carbocycles. The maximum absolute atomic E-state index is 13.3. The Balaban J connectivity index is 2.08. The highest BCUT2D eigenvalue weighted by molar-refractivity contribution is 7.89. The largest absolute Gasteiger partial charge is 0.283 e. The molecule has 0 atom stereocenters. The molecular weight excluding hydrogens is 339 g/mol. The summed E-state index contributed by atoms with van der Waals surface area (Å²) in [5, 5.41) is 4.15. The average Bonchev–Trinajstić information content (AvgIpc) is 2.90. The number of nitrogens with zero attached hydrogens (tertiary/aromatic N) is 2. The lowest BCUT2D eigenvalue weighted by molar-refractivity contribution is 0.580. The van der Waals surface area contributed by atoms with Gasteiger partial charge < -0.3 is 0 Å². The molecule has 0 radical (unpaired) electrons. The molecule has 1 aromatic heterocycles. The van der Waals surface area contributed by atoms with Crippen molar-refractivity contribution in [2.45, 2.75) is 11.8 Å². The van der Waals surface area contributed by atoms with Crippen molar-refractivity contribution in [1.82, 2.24) is 9.19 Å². The summed E-state index contributed by atoms with van der Waals surface area (Å²) < 4.78 is 39.3. The molecule has 0 N–H and O–H groups in total. The summed E-state index contributed by atoms with van der Waals surface area (Å²) in [7, 11) is -3.85. The highest BCUT2D eigenvalue weighted by Crippen LogP contribution is 2.28. The lowest BCUT2D eigenvalue weighted by atomic mass is 10.1. The van der Waals surface area contributed by atoms with Crippen molar-refractivity contribution >= 4 is 21.6 Å². The molecule has 23 heavy (non-hydrogen) atoms. The summed E-state index contributed by atoms with van der Waals surface area (Å²) in [4.78, 5) is 0.105. The molecule has 2 aromatic carbocycles. The number of benzene rings is 2. The monoisotopic (exact) mass is 350 g/mol. The van der Waals surface area contributed by atoms with Crippen LogP contribution in [0.2, 0.25) is 5.02 Å². The van der Waals surface area contributed by atoms with E-state index in [0.29, 0.717) is 5.56 Å². The zero-order chi connectivity index (χ0) is 16.6. The average molecular weight is 351 g/mol. The van der Waals surface area contributed by atoms with Gasteiger partial charge in [-0.25, -0.2) is 4.39 Å². The van der Waals surface area contributed by atoms with E-state index >= 15 is 0 Å². The first kappa shape index (κ1) is 15.7. The van der Waals surface area contributed by atoms with Gasteiger partial charge in [-0.2, -0.15) is 17.6 Å². The Hall–Kier alpha value is -2.18. The second-order valence-electron chi connectivity index (χ2n) is 5.03. The third-order valence-electron chi connectivity index (χ3n) is 3.31. The summed E-state index contributed by atoms with van der Waals surface area (Å²) in [6.45, 7) is 1.86. The van der Waals surface area contributed by atoms with Crippen LogP contribution in [-0.4, -0.2) is 17.6 Å². The predicted molar refractivity (Wildman–Crippen MR) is 86.4 cm³/mol. The molecule has 0 aliphatic heterocycles. The van der Waals surface area contributed by atoms with Crippen LogP contribution in [0, 0.1) is 12.7 Å². The van der Waals surface area contributed by atoms with E-state index in [-0.39, 0.29) is 15.6 Å². The van der Waals surface area contributed by atoms with Crippen molar-refractivity contribution in [3.8, 4) is 11.3 Å². The van der Waals surface area contributed by atoms with Crippen LogP contribution in [0.15, 0.2) is 59.6 Å². The molecule has 0 saturated heterocycles. The first-order valence-electron chi connectivity index (χ1n) is 6.71. The lowest BCUT2D eigenvalue weighted by Gasteiger charge is -2.04. The van der Waals surface area contributed by atoms with E-state index in [9.17, 15) is 12.8 Å². The normalized spacial score (nSPS) is 11.6. The second kappa shape index (κ2) is 5.79. The molecule has 118 valence electrons. The van der Waals surface area contributed by atoms with Crippen molar-refractivity contribution in [3.63, 3.8) is 0 Å². The SMILES string of the molecule is Cc1ccc(S(=O)(=O)n2cc(Cl)c(-c3cccc(F)c3)n2)cc1. The Morgan fingerprint density at radius 1 is 1.13 bits per heavy atom. The second-order valence-corrected chi connectivity index (χ2v) is 7.23. The first-order valence-corrected chi connectivity index (χ1v) is 8.53. The number of rotatable bonds is 3. The molecule has 0 fully saturated rings. The standard InChI is InChI=1S/C16H12ClFN2O2S/c1-11-5-7-14(8-6-11)23(21,22)20-10-15(17)16(19-20)12-3-2-4-13(18)9-12/h2-10H,1H3. The van der Waals surface area contributed by atoms with Crippen molar-refractivity contribution in [2.75, 3.05) is 0 Å². The van der Waals surface area contributed by atoms with Gasteiger partial charge in [0.15, 0.2) is 0 Å². The fourth-order valence-electron chi connectivity index (χ4n) is 2.11. The van der Waals surface area contributed by atoms with Gasteiger partial charge in [-0.15, -0.1) is 0 Å². The number of aryl methyl sites for hydroxylation is 1. The molecule has 0 amide bonds. The maximum atomic E-state index is 13.3. The summed E-state index contributed by atoms with van der Waals surface area (Å²) in [6, 6.07) is 12.1. The van der Waals surface area contributed by atoms with Gasteiger partial charge in [-0.3, -0.25) is 0 Å². The molecule has 3 rings (SSSR count). The van der Waals surface area contributed by atoms with E-state index in [1.165, 1.54) is 36.5 Å². The maximum Gasteiger partial charge on any atom is 0.283 e. The van der Waals surface area contributed by atoms with Gasteiger partial charge in [0, 0.05) is 5.56 Å². The Kier molecular flexibility index (Phi) is 3.95. The van der Waals surface area contributed by atoms with Crippen LogP contribution in [0.4, 0.5) is 4.39 Å². The van der Waals surface area contributed by atoms with Gasteiger partial charge in [0.05, 0.1) is 16.1 Å². The van der Waals surface area contributed by atoms with Gasteiger partial charge in [0.1, 0.15) is 11.5 Å². The molecule has 1 heterocycles. The van der Waals surface area contributed by atoms with E-state index in [0.717, 1.165) is 9.65 Å². The Labute approximate surface area is 138 Å². The molecule has 0 spiro atoms.